The quantitative estimate of drug-likeness (QED) is 0.613. The first-order valence-electron chi connectivity index (χ1n) is 4.67. The van der Waals surface area contributed by atoms with E-state index in [0.29, 0.717) is 0 Å². The molecule has 0 aliphatic heterocycles. The van der Waals surface area contributed by atoms with Crippen molar-refractivity contribution < 1.29 is 0 Å². The molecule has 1 aromatic carbocycles. The van der Waals surface area contributed by atoms with Crippen LogP contribution < -0.4 is 0 Å². The third-order valence-electron chi connectivity index (χ3n) is 2.24. The van der Waals surface area contributed by atoms with Gasteiger partial charge in [-0.05, 0) is 17.6 Å². The van der Waals surface area contributed by atoms with Gasteiger partial charge in [0.15, 0.2) is 0 Å². The molecule has 0 saturated heterocycles. The lowest BCUT2D eigenvalue weighted by atomic mass is 10.0. The van der Waals surface area contributed by atoms with Gasteiger partial charge in [-0.1, -0.05) is 42.3 Å². The predicted molar refractivity (Wildman–Crippen MR) is 63.3 cm³/mol. The maximum Gasteiger partial charge on any atom is 0.0275 e. The topological polar surface area (TPSA) is 0 Å². The molecule has 0 unspecified atom stereocenters. The monoisotopic (exact) mass is 204 g/mol. The fourth-order valence-corrected chi connectivity index (χ4v) is 1.55. The molecule has 0 amide bonds. The number of halogens is 1. The molecule has 1 heteroatoms. The van der Waals surface area contributed by atoms with Crippen molar-refractivity contribution >= 4 is 18.0 Å². The highest BCUT2D eigenvalue weighted by molar-refractivity contribution is 5.85. The summed E-state index contributed by atoms with van der Waals surface area (Å²) in [5, 5.41) is 0. The molecule has 0 fully saturated rings. The van der Waals surface area contributed by atoms with Crippen molar-refractivity contribution in [1.29, 1.82) is 0 Å². The number of rotatable bonds is 1. The first-order valence-corrected chi connectivity index (χ1v) is 4.67. The van der Waals surface area contributed by atoms with Gasteiger partial charge in [0.25, 0.3) is 0 Å². The van der Waals surface area contributed by atoms with Crippen LogP contribution in [0.15, 0.2) is 36.4 Å². The van der Waals surface area contributed by atoms with Gasteiger partial charge in [-0.15, -0.1) is 18.3 Å². The predicted octanol–water partition coefficient (Wildman–Crippen LogP) is 3.68. The molecule has 0 heterocycles. The zero-order valence-electron chi connectivity index (χ0n) is 7.99. The van der Waals surface area contributed by atoms with Crippen molar-refractivity contribution in [3.05, 3.63) is 42.0 Å². The first-order chi connectivity index (χ1) is 6.47. The van der Waals surface area contributed by atoms with Crippen molar-refractivity contribution in [2.24, 2.45) is 0 Å². The fourth-order valence-electron chi connectivity index (χ4n) is 1.55. The van der Waals surface area contributed by atoms with Gasteiger partial charge in [-0.2, -0.15) is 0 Å². The van der Waals surface area contributed by atoms with Crippen LogP contribution in [0, 0.1) is 11.8 Å². The highest BCUT2D eigenvalue weighted by Crippen LogP contribution is 2.21. The molecule has 0 spiro atoms. The van der Waals surface area contributed by atoms with Crippen molar-refractivity contribution in [2.75, 3.05) is 0 Å². The van der Waals surface area contributed by atoms with Crippen LogP contribution in [0.5, 0.6) is 0 Å². The van der Waals surface area contributed by atoms with Gasteiger partial charge in [0.1, 0.15) is 0 Å². The molecule has 1 aliphatic carbocycles. The van der Waals surface area contributed by atoms with Crippen LogP contribution in [0.4, 0.5) is 0 Å². The van der Waals surface area contributed by atoms with Gasteiger partial charge in [-0.25, -0.2) is 0 Å². The number of hydrogen-bond acceptors (Lipinski definition) is 0. The molecule has 72 valence electrons. The van der Waals surface area contributed by atoms with E-state index in [-0.39, 0.29) is 12.4 Å². The summed E-state index contributed by atoms with van der Waals surface area (Å²) in [6, 6.07) is 10.6. The van der Waals surface area contributed by atoms with E-state index in [9.17, 15) is 0 Å². The Morgan fingerprint density at radius 1 is 1.00 bits per heavy atom. The minimum absolute atomic E-state index is 0. The molecule has 0 radical (unpaired) electrons. The van der Waals surface area contributed by atoms with Crippen LogP contribution in [-0.2, 0) is 0 Å². The lowest BCUT2D eigenvalue weighted by molar-refractivity contribution is 1.11. The van der Waals surface area contributed by atoms with E-state index in [1.807, 2.05) is 0 Å². The van der Waals surface area contributed by atoms with E-state index in [2.05, 4.69) is 48.2 Å². The van der Waals surface area contributed by atoms with E-state index in [4.69, 9.17) is 0 Å². The highest BCUT2D eigenvalue weighted by Gasteiger charge is 2.00. The molecule has 0 atom stereocenters. The second-order valence-corrected chi connectivity index (χ2v) is 3.15. The summed E-state index contributed by atoms with van der Waals surface area (Å²) in [4.78, 5) is 0. The van der Waals surface area contributed by atoms with Gasteiger partial charge in [0.05, 0.1) is 0 Å². The number of benzene rings is 1. The smallest absolute Gasteiger partial charge is 0.0275 e. The summed E-state index contributed by atoms with van der Waals surface area (Å²) in [5.41, 5.74) is 2.77. The standard InChI is InChI=1S/C13H12.ClH/c1-2-5-9-12(8-4-1)13-10-6-3-7-11-13;/h3,6-8,10-11H,4-5,9H2;1H. The summed E-state index contributed by atoms with van der Waals surface area (Å²) in [7, 11) is 0. The molecule has 14 heavy (non-hydrogen) atoms. The minimum atomic E-state index is 0. The van der Waals surface area contributed by atoms with Gasteiger partial charge >= 0.3 is 0 Å². The van der Waals surface area contributed by atoms with Crippen molar-refractivity contribution in [1.82, 2.24) is 0 Å². The Kier molecular flexibility index (Phi) is 4.29. The van der Waals surface area contributed by atoms with Crippen LogP contribution in [0.25, 0.3) is 5.57 Å². The Hall–Kier alpha value is -1.19. The Morgan fingerprint density at radius 3 is 2.57 bits per heavy atom. The summed E-state index contributed by atoms with van der Waals surface area (Å²) in [6.07, 6.45) is 5.25. The second-order valence-electron chi connectivity index (χ2n) is 3.15. The molecular formula is C13H13Cl. The van der Waals surface area contributed by atoms with E-state index in [1.165, 1.54) is 11.1 Å². The van der Waals surface area contributed by atoms with Crippen LogP contribution in [0.2, 0.25) is 0 Å². The molecule has 1 aliphatic rings. The molecule has 0 N–H and O–H groups in total. The van der Waals surface area contributed by atoms with E-state index >= 15 is 0 Å². The normalized spacial score (nSPS) is 14.1. The van der Waals surface area contributed by atoms with Gasteiger partial charge in [-0.3, -0.25) is 0 Å². The van der Waals surface area contributed by atoms with Gasteiger partial charge < -0.3 is 0 Å². The maximum atomic E-state index is 3.14. The summed E-state index contributed by atoms with van der Waals surface area (Å²) in [6.45, 7) is 0. The molecule has 1 aromatic rings. The molecule has 0 saturated carbocycles. The molecule has 2 rings (SSSR count). The Labute approximate surface area is 91.4 Å². The lowest BCUT2D eigenvalue weighted by Gasteiger charge is -2.03. The summed E-state index contributed by atoms with van der Waals surface area (Å²) >= 11 is 0. The van der Waals surface area contributed by atoms with Crippen molar-refractivity contribution in [3.63, 3.8) is 0 Å². The Morgan fingerprint density at radius 2 is 1.79 bits per heavy atom. The van der Waals surface area contributed by atoms with Crippen LogP contribution in [0.1, 0.15) is 24.8 Å². The van der Waals surface area contributed by atoms with Crippen molar-refractivity contribution in [2.45, 2.75) is 19.3 Å². The highest BCUT2D eigenvalue weighted by atomic mass is 35.5. The Bertz CT molecular complexity index is 365. The molecular weight excluding hydrogens is 192 g/mol. The second kappa shape index (κ2) is 5.52. The largest absolute Gasteiger partial charge is 0.147 e. The fraction of sp³-hybridized carbons (Fsp3) is 0.231. The van der Waals surface area contributed by atoms with E-state index in [1.54, 1.807) is 0 Å². The molecule has 0 bridgehead atoms. The summed E-state index contributed by atoms with van der Waals surface area (Å²) in [5.74, 6) is 6.27. The van der Waals surface area contributed by atoms with Crippen LogP contribution in [-0.4, -0.2) is 0 Å². The van der Waals surface area contributed by atoms with Crippen LogP contribution in [0.3, 0.4) is 0 Å². The minimum Gasteiger partial charge on any atom is -0.147 e. The third-order valence-corrected chi connectivity index (χ3v) is 2.24. The number of allylic oxidation sites excluding steroid dienone is 2. The molecule has 0 aromatic heterocycles. The average molecular weight is 205 g/mol. The first kappa shape index (κ1) is 10.9. The van der Waals surface area contributed by atoms with Gasteiger partial charge in [0, 0.05) is 12.8 Å². The van der Waals surface area contributed by atoms with Gasteiger partial charge in [0.2, 0.25) is 0 Å². The number of hydrogen-bond donors (Lipinski definition) is 0. The Balaban J connectivity index is 0.000000980. The maximum absolute atomic E-state index is 3.14. The third kappa shape index (κ3) is 2.65. The van der Waals surface area contributed by atoms with Crippen molar-refractivity contribution in [3.8, 4) is 11.8 Å². The van der Waals surface area contributed by atoms with E-state index in [0.717, 1.165) is 19.3 Å². The lowest BCUT2D eigenvalue weighted by Crippen LogP contribution is -1.82. The molecule has 0 nitrogen and oxygen atoms in total. The average Bonchev–Trinajstić information content (AvgIpc) is 2.47. The zero-order chi connectivity index (χ0) is 8.93. The van der Waals surface area contributed by atoms with E-state index < -0.39 is 0 Å². The summed E-state index contributed by atoms with van der Waals surface area (Å²) < 4.78 is 0. The van der Waals surface area contributed by atoms with Crippen LogP contribution >= 0.6 is 12.4 Å². The zero-order valence-corrected chi connectivity index (χ0v) is 8.81. The SMILES string of the molecule is C1#CCCC(c2ccccc2)=CC1.Cl.